The molecular weight excluding hydrogens is 207 g/mol. The molecule has 0 bridgehead atoms. The summed E-state index contributed by atoms with van der Waals surface area (Å²) in [7, 11) is 1.47. The van der Waals surface area contributed by atoms with Crippen LogP contribution in [0.5, 0.6) is 5.75 Å². The van der Waals surface area contributed by atoms with Crippen molar-refractivity contribution in [2.45, 2.75) is 13.3 Å². The minimum Gasteiger partial charge on any atom is -0.496 e. The average molecular weight is 219 g/mol. The van der Waals surface area contributed by atoms with E-state index in [9.17, 15) is 4.39 Å². The standard InChI is InChI=1S/C10H12ClFO2/c1-6-5-8(11)9(12)7(3-4-13)10(6)14-2/h5,13H,3-4H2,1-2H3. The van der Waals surface area contributed by atoms with Crippen LogP contribution in [0, 0.1) is 12.7 Å². The Balaban J connectivity index is 3.32. The van der Waals surface area contributed by atoms with Gasteiger partial charge < -0.3 is 9.84 Å². The minimum atomic E-state index is -0.511. The lowest BCUT2D eigenvalue weighted by molar-refractivity contribution is 0.294. The van der Waals surface area contributed by atoms with E-state index >= 15 is 0 Å². The molecule has 1 rings (SSSR count). The molecule has 0 aliphatic heterocycles. The molecule has 0 radical (unpaired) electrons. The van der Waals surface area contributed by atoms with Crippen LogP contribution in [0.2, 0.25) is 5.02 Å². The quantitative estimate of drug-likeness (QED) is 0.844. The maximum atomic E-state index is 13.5. The number of benzene rings is 1. The van der Waals surface area contributed by atoms with E-state index in [1.165, 1.54) is 13.2 Å². The van der Waals surface area contributed by atoms with Crippen LogP contribution in [0.3, 0.4) is 0 Å². The summed E-state index contributed by atoms with van der Waals surface area (Å²) in [5.74, 6) is -0.0517. The van der Waals surface area contributed by atoms with Gasteiger partial charge in [-0.3, -0.25) is 0 Å². The molecule has 0 amide bonds. The molecule has 0 unspecified atom stereocenters. The molecule has 1 N–H and O–H groups in total. The van der Waals surface area contributed by atoms with Gasteiger partial charge >= 0.3 is 0 Å². The van der Waals surface area contributed by atoms with Gasteiger partial charge in [-0.25, -0.2) is 4.39 Å². The molecule has 0 saturated carbocycles. The molecule has 0 aliphatic carbocycles. The molecule has 0 fully saturated rings. The number of rotatable bonds is 3. The number of aliphatic hydroxyl groups excluding tert-OH is 1. The van der Waals surface area contributed by atoms with E-state index in [4.69, 9.17) is 21.4 Å². The number of methoxy groups -OCH3 is 1. The molecule has 0 saturated heterocycles. The van der Waals surface area contributed by atoms with Gasteiger partial charge in [0.15, 0.2) is 0 Å². The molecule has 0 aliphatic rings. The van der Waals surface area contributed by atoms with Crippen LogP contribution < -0.4 is 4.74 Å². The highest BCUT2D eigenvalue weighted by Crippen LogP contribution is 2.31. The highest BCUT2D eigenvalue weighted by molar-refractivity contribution is 6.30. The second-order valence-electron chi connectivity index (χ2n) is 2.97. The van der Waals surface area contributed by atoms with Gasteiger partial charge in [-0.05, 0) is 18.6 Å². The van der Waals surface area contributed by atoms with Crippen LogP contribution in [0.1, 0.15) is 11.1 Å². The number of ether oxygens (including phenoxy) is 1. The van der Waals surface area contributed by atoms with Gasteiger partial charge in [0.25, 0.3) is 0 Å². The van der Waals surface area contributed by atoms with Gasteiger partial charge in [0.1, 0.15) is 11.6 Å². The zero-order valence-electron chi connectivity index (χ0n) is 8.10. The Morgan fingerprint density at radius 1 is 1.57 bits per heavy atom. The third kappa shape index (κ3) is 1.99. The number of halogens is 2. The summed E-state index contributed by atoms with van der Waals surface area (Å²) in [6.45, 7) is 1.65. The van der Waals surface area contributed by atoms with Gasteiger partial charge in [-0.1, -0.05) is 11.6 Å². The largest absolute Gasteiger partial charge is 0.496 e. The van der Waals surface area contributed by atoms with Crippen LogP contribution in [-0.4, -0.2) is 18.8 Å². The normalized spacial score (nSPS) is 10.4. The molecular formula is C10H12ClFO2. The minimum absolute atomic E-state index is 0.0618. The molecule has 0 aromatic heterocycles. The van der Waals surface area contributed by atoms with E-state index in [1.54, 1.807) is 6.92 Å². The van der Waals surface area contributed by atoms with Gasteiger partial charge in [-0.15, -0.1) is 0 Å². The fraction of sp³-hybridized carbons (Fsp3) is 0.400. The van der Waals surface area contributed by atoms with Crippen molar-refractivity contribution in [1.82, 2.24) is 0 Å². The van der Waals surface area contributed by atoms with Crippen molar-refractivity contribution < 1.29 is 14.2 Å². The zero-order valence-corrected chi connectivity index (χ0v) is 8.86. The van der Waals surface area contributed by atoms with Crippen molar-refractivity contribution >= 4 is 11.6 Å². The topological polar surface area (TPSA) is 29.5 Å². The first kappa shape index (κ1) is 11.3. The number of hydrogen-bond donors (Lipinski definition) is 1. The average Bonchev–Trinajstić information content (AvgIpc) is 2.14. The molecule has 78 valence electrons. The first-order valence-electron chi connectivity index (χ1n) is 4.24. The van der Waals surface area contributed by atoms with E-state index in [1.807, 2.05) is 0 Å². The molecule has 14 heavy (non-hydrogen) atoms. The maximum Gasteiger partial charge on any atom is 0.148 e. The summed E-state index contributed by atoms with van der Waals surface area (Å²) < 4.78 is 18.5. The van der Waals surface area contributed by atoms with E-state index < -0.39 is 5.82 Å². The summed E-state index contributed by atoms with van der Waals surface area (Å²) in [6, 6.07) is 1.51. The predicted molar refractivity (Wildman–Crippen MR) is 53.5 cm³/mol. The van der Waals surface area contributed by atoms with Crippen LogP contribution in [0.15, 0.2) is 6.07 Å². The van der Waals surface area contributed by atoms with Crippen molar-refractivity contribution in [2.24, 2.45) is 0 Å². The van der Waals surface area contributed by atoms with E-state index in [-0.39, 0.29) is 18.1 Å². The second kappa shape index (κ2) is 4.62. The lowest BCUT2D eigenvalue weighted by Crippen LogP contribution is -2.02. The van der Waals surface area contributed by atoms with E-state index in [2.05, 4.69) is 0 Å². The third-order valence-corrected chi connectivity index (χ3v) is 2.29. The third-order valence-electron chi connectivity index (χ3n) is 2.02. The van der Waals surface area contributed by atoms with Crippen LogP contribution >= 0.6 is 11.6 Å². The predicted octanol–water partition coefficient (Wildman–Crippen LogP) is 2.33. The Morgan fingerprint density at radius 3 is 2.71 bits per heavy atom. The fourth-order valence-corrected chi connectivity index (χ4v) is 1.70. The van der Waals surface area contributed by atoms with Crippen LogP contribution in [0.25, 0.3) is 0 Å². The molecule has 1 aromatic rings. The number of aliphatic hydroxyl groups is 1. The molecule has 1 aromatic carbocycles. The van der Waals surface area contributed by atoms with Crippen molar-refractivity contribution in [1.29, 1.82) is 0 Å². The lowest BCUT2D eigenvalue weighted by Gasteiger charge is -2.12. The van der Waals surface area contributed by atoms with Gasteiger partial charge in [-0.2, -0.15) is 0 Å². The first-order valence-corrected chi connectivity index (χ1v) is 4.62. The zero-order chi connectivity index (χ0) is 10.7. The van der Waals surface area contributed by atoms with Crippen LogP contribution in [0.4, 0.5) is 4.39 Å². The van der Waals surface area contributed by atoms with Gasteiger partial charge in [0, 0.05) is 18.6 Å². The van der Waals surface area contributed by atoms with Crippen molar-refractivity contribution in [2.75, 3.05) is 13.7 Å². The highest BCUT2D eigenvalue weighted by Gasteiger charge is 2.15. The Labute approximate surface area is 87.3 Å². The lowest BCUT2D eigenvalue weighted by atomic mass is 10.1. The maximum absolute atomic E-state index is 13.5. The van der Waals surface area contributed by atoms with Gasteiger partial charge in [0.05, 0.1) is 12.1 Å². The molecule has 0 heterocycles. The Kier molecular flexibility index (Phi) is 3.72. The molecule has 0 atom stereocenters. The summed E-state index contributed by atoms with van der Waals surface area (Å²) in [5.41, 5.74) is 1.10. The summed E-state index contributed by atoms with van der Waals surface area (Å²) in [4.78, 5) is 0. The van der Waals surface area contributed by atoms with E-state index in [0.29, 0.717) is 11.3 Å². The second-order valence-corrected chi connectivity index (χ2v) is 3.38. The Hall–Kier alpha value is -0.800. The summed E-state index contributed by atoms with van der Waals surface area (Å²) in [6.07, 6.45) is 0.205. The molecule has 0 spiro atoms. The highest BCUT2D eigenvalue weighted by atomic mass is 35.5. The van der Waals surface area contributed by atoms with Gasteiger partial charge in [0.2, 0.25) is 0 Å². The Bertz CT molecular complexity index is 339. The monoisotopic (exact) mass is 218 g/mol. The number of aryl methyl sites for hydroxylation is 1. The van der Waals surface area contributed by atoms with Crippen molar-refractivity contribution in [3.05, 3.63) is 28.0 Å². The van der Waals surface area contributed by atoms with Crippen molar-refractivity contribution in [3.8, 4) is 5.75 Å². The van der Waals surface area contributed by atoms with E-state index in [0.717, 1.165) is 5.56 Å². The Morgan fingerprint density at radius 2 is 2.21 bits per heavy atom. The molecule has 4 heteroatoms. The smallest absolute Gasteiger partial charge is 0.148 e. The summed E-state index contributed by atoms with van der Waals surface area (Å²) in [5, 5.41) is 8.84. The molecule has 2 nitrogen and oxygen atoms in total. The first-order chi connectivity index (χ1) is 6.61. The van der Waals surface area contributed by atoms with Crippen molar-refractivity contribution in [3.63, 3.8) is 0 Å². The summed E-state index contributed by atoms with van der Waals surface area (Å²) >= 11 is 5.67. The fourth-order valence-electron chi connectivity index (χ4n) is 1.42. The number of hydrogen-bond acceptors (Lipinski definition) is 2. The SMILES string of the molecule is COc1c(C)cc(Cl)c(F)c1CCO. The van der Waals surface area contributed by atoms with Crippen LogP contribution in [-0.2, 0) is 6.42 Å².